The second-order valence-electron chi connectivity index (χ2n) is 6.40. The summed E-state index contributed by atoms with van der Waals surface area (Å²) >= 11 is 0. The molecule has 3 rings (SSSR count). The molecule has 0 saturated heterocycles. The lowest BCUT2D eigenvalue weighted by Gasteiger charge is -2.18. The summed E-state index contributed by atoms with van der Waals surface area (Å²) in [4.78, 5) is 0. The van der Waals surface area contributed by atoms with Crippen LogP contribution in [0.25, 0.3) is 11.1 Å². The van der Waals surface area contributed by atoms with Gasteiger partial charge in [-0.05, 0) is 35.7 Å². The number of rotatable bonds is 8. The summed E-state index contributed by atoms with van der Waals surface area (Å²) in [5.74, 6) is 0.764. The van der Waals surface area contributed by atoms with Crippen LogP contribution in [0.3, 0.4) is 0 Å². The summed E-state index contributed by atoms with van der Waals surface area (Å²) in [7, 11) is 0. The van der Waals surface area contributed by atoms with Crippen molar-refractivity contribution in [2.45, 2.75) is 19.1 Å². The third-order valence-corrected chi connectivity index (χ3v) is 4.36. The predicted octanol–water partition coefficient (Wildman–Crippen LogP) is 4.44. The standard InChI is InChI=1S/C23H25NO2/c1-18(19-8-4-2-5-9-19)24-16-22(25)17-26-23-14-12-21(13-15-23)20-10-6-3-7-11-20/h2-15,18,22,24-25H,16-17H2,1H3/t18-,22+/m1/s1. The molecule has 0 amide bonds. The lowest BCUT2D eigenvalue weighted by Crippen LogP contribution is -2.33. The van der Waals surface area contributed by atoms with Crippen molar-refractivity contribution in [2.75, 3.05) is 13.2 Å². The van der Waals surface area contributed by atoms with E-state index in [4.69, 9.17) is 4.74 Å². The second kappa shape index (κ2) is 9.18. The van der Waals surface area contributed by atoms with Gasteiger partial charge in [-0.25, -0.2) is 0 Å². The van der Waals surface area contributed by atoms with Gasteiger partial charge in [0, 0.05) is 12.6 Å². The average molecular weight is 347 g/mol. The highest BCUT2D eigenvalue weighted by atomic mass is 16.5. The number of benzene rings is 3. The zero-order chi connectivity index (χ0) is 18.2. The van der Waals surface area contributed by atoms with E-state index in [9.17, 15) is 5.11 Å². The molecule has 0 heterocycles. The molecule has 26 heavy (non-hydrogen) atoms. The van der Waals surface area contributed by atoms with Crippen LogP contribution in [0.1, 0.15) is 18.5 Å². The molecule has 3 heteroatoms. The van der Waals surface area contributed by atoms with Crippen molar-refractivity contribution in [3.8, 4) is 16.9 Å². The van der Waals surface area contributed by atoms with Crippen LogP contribution >= 0.6 is 0 Å². The first-order valence-corrected chi connectivity index (χ1v) is 8.97. The fourth-order valence-corrected chi connectivity index (χ4v) is 2.80. The normalized spacial score (nSPS) is 13.2. The van der Waals surface area contributed by atoms with Crippen molar-refractivity contribution in [1.82, 2.24) is 5.32 Å². The van der Waals surface area contributed by atoms with Crippen molar-refractivity contribution in [2.24, 2.45) is 0 Å². The van der Waals surface area contributed by atoms with Crippen molar-refractivity contribution >= 4 is 0 Å². The molecule has 0 saturated carbocycles. The molecule has 0 aliphatic rings. The Balaban J connectivity index is 1.45. The monoisotopic (exact) mass is 347 g/mol. The third-order valence-electron chi connectivity index (χ3n) is 4.36. The molecule has 0 aromatic heterocycles. The molecule has 0 radical (unpaired) electrons. The maximum absolute atomic E-state index is 10.2. The van der Waals surface area contributed by atoms with Gasteiger partial charge < -0.3 is 15.2 Å². The van der Waals surface area contributed by atoms with Crippen LogP contribution in [0.15, 0.2) is 84.9 Å². The Kier molecular flexibility index (Phi) is 6.42. The minimum atomic E-state index is -0.560. The topological polar surface area (TPSA) is 41.5 Å². The van der Waals surface area contributed by atoms with Crippen molar-refractivity contribution < 1.29 is 9.84 Å². The lowest BCUT2D eigenvalue weighted by molar-refractivity contribution is 0.104. The quantitative estimate of drug-likeness (QED) is 0.633. The zero-order valence-electron chi connectivity index (χ0n) is 15.0. The number of aliphatic hydroxyl groups is 1. The summed E-state index contributed by atoms with van der Waals surface area (Å²) in [6, 6.07) is 28.6. The fourth-order valence-electron chi connectivity index (χ4n) is 2.80. The van der Waals surface area contributed by atoms with E-state index < -0.39 is 6.10 Å². The highest BCUT2D eigenvalue weighted by molar-refractivity contribution is 5.63. The summed E-state index contributed by atoms with van der Waals surface area (Å²) in [6.07, 6.45) is -0.560. The largest absolute Gasteiger partial charge is 0.491 e. The first-order chi connectivity index (χ1) is 12.7. The van der Waals surface area contributed by atoms with Crippen LogP contribution in [0.4, 0.5) is 0 Å². The number of hydrogen-bond donors (Lipinski definition) is 2. The van der Waals surface area contributed by atoms with Crippen molar-refractivity contribution in [3.05, 3.63) is 90.5 Å². The Bertz CT molecular complexity index is 772. The first kappa shape index (κ1) is 18.2. The van der Waals surface area contributed by atoms with Crippen LogP contribution in [-0.4, -0.2) is 24.4 Å². The van der Waals surface area contributed by atoms with E-state index in [2.05, 4.69) is 36.5 Å². The van der Waals surface area contributed by atoms with E-state index >= 15 is 0 Å². The summed E-state index contributed by atoms with van der Waals surface area (Å²) in [5.41, 5.74) is 3.53. The lowest BCUT2D eigenvalue weighted by atomic mass is 10.1. The molecule has 2 N–H and O–H groups in total. The predicted molar refractivity (Wildman–Crippen MR) is 106 cm³/mol. The number of nitrogens with one attached hydrogen (secondary N) is 1. The molecule has 3 nitrogen and oxygen atoms in total. The Labute approximate surface area is 155 Å². The Morgan fingerprint density at radius 2 is 1.38 bits per heavy atom. The molecule has 0 unspecified atom stereocenters. The summed E-state index contributed by atoms with van der Waals surface area (Å²) in [6.45, 7) is 2.84. The molecule has 0 aliphatic heterocycles. The van der Waals surface area contributed by atoms with E-state index in [1.54, 1.807) is 0 Å². The highest BCUT2D eigenvalue weighted by Crippen LogP contribution is 2.22. The highest BCUT2D eigenvalue weighted by Gasteiger charge is 2.09. The Hall–Kier alpha value is -2.62. The van der Waals surface area contributed by atoms with Gasteiger partial charge in [-0.15, -0.1) is 0 Å². The van der Waals surface area contributed by atoms with Crippen LogP contribution in [-0.2, 0) is 0 Å². The molecule has 2 atom stereocenters. The minimum Gasteiger partial charge on any atom is -0.491 e. The molecule has 134 valence electrons. The third kappa shape index (κ3) is 5.19. The van der Waals surface area contributed by atoms with E-state index in [-0.39, 0.29) is 12.6 Å². The SMILES string of the molecule is C[C@@H](NC[C@H](O)COc1ccc(-c2ccccc2)cc1)c1ccccc1. The first-order valence-electron chi connectivity index (χ1n) is 8.97. The van der Waals surface area contributed by atoms with E-state index in [0.29, 0.717) is 6.54 Å². The second-order valence-corrected chi connectivity index (χ2v) is 6.40. The van der Waals surface area contributed by atoms with E-state index in [0.717, 1.165) is 11.3 Å². The van der Waals surface area contributed by atoms with Gasteiger partial charge in [-0.2, -0.15) is 0 Å². The number of aliphatic hydroxyl groups excluding tert-OH is 1. The van der Waals surface area contributed by atoms with Crippen molar-refractivity contribution in [1.29, 1.82) is 0 Å². The molecular weight excluding hydrogens is 322 g/mol. The summed E-state index contributed by atoms with van der Waals surface area (Å²) in [5, 5.41) is 13.5. The van der Waals surface area contributed by atoms with Gasteiger partial charge in [0.1, 0.15) is 18.5 Å². The molecule has 0 fully saturated rings. The van der Waals surface area contributed by atoms with Crippen LogP contribution in [0, 0.1) is 0 Å². The minimum absolute atomic E-state index is 0.191. The molecule has 0 aliphatic carbocycles. The fraction of sp³-hybridized carbons (Fsp3) is 0.217. The van der Waals surface area contributed by atoms with Gasteiger partial charge in [-0.1, -0.05) is 72.8 Å². The van der Waals surface area contributed by atoms with Gasteiger partial charge >= 0.3 is 0 Å². The molecule has 3 aromatic carbocycles. The molecule has 3 aromatic rings. The summed E-state index contributed by atoms with van der Waals surface area (Å²) < 4.78 is 5.71. The van der Waals surface area contributed by atoms with Crippen LogP contribution in [0.5, 0.6) is 5.75 Å². The average Bonchev–Trinajstić information content (AvgIpc) is 2.72. The maximum atomic E-state index is 10.2. The van der Waals surface area contributed by atoms with Gasteiger partial charge in [0.05, 0.1) is 0 Å². The number of ether oxygens (including phenoxy) is 1. The molecule has 0 bridgehead atoms. The van der Waals surface area contributed by atoms with E-state index in [1.807, 2.05) is 60.7 Å². The van der Waals surface area contributed by atoms with Gasteiger partial charge in [-0.3, -0.25) is 0 Å². The molecular formula is C23H25NO2. The zero-order valence-corrected chi connectivity index (χ0v) is 15.0. The van der Waals surface area contributed by atoms with Crippen molar-refractivity contribution in [3.63, 3.8) is 0 Å². The van der Waals surface area contributed by atoms with Gasteiger partial charge in [0.2, 0.25) is 0 Å². The molecule has 0 spiro atoms. The van der Waals surface area contributed by atoms with Crippen LogP contribution < -0.4 is 10.1 Å². The maximum Gasteiger partial charge on any atom is 0.119 e. The number of hydrogen-bond acceptors (Lipinski definition) is 3. The Morgan fingerprint density at radius 3 is 2.04 bits per heavy atom. The smallest absolute Gasteiger partial charge is 0.119 e. The van der Waals surface area contributed by atoms with Crippen LogP contribution in [0.2, 0.25) is 0 Å². The van der Waals surface area contributed by atoms with Gasteiger partial charge in [0.15, 0.2) is 0 Å². The van der Waals surface area contributed by atoms with E-state index in [1.165, 1.54) is 11.1 Å². The Morgan fingerprint density at radius 1 is 0.808 bits per heavy atom. The van der Waals surface area contributed by atoms with Gasteiger partial charge in [0.25, 0.3) is 0 Å².